The summed E-state index contributed by atoms with van der Waals surface area (Å²) in [6, 6.07) is 19.9. The van der Waals surface area contributed by atoms with Crippen molar-refractivity contribution in [3.63, 3.8) is 0 Å². The first-order valence-electron chi connectivity index (χ1n) is 9.55. The highest BCUT2D eigenvalue weighted by atomic mass is 16.5. The minimum Gasteiger partial charge on any atom is -0.381 e. The second-order valence-electron chi connectivity index (χ2n) is 6.85. The van der Waals surface area contributed by atoms with E-state index in [4.69, 9.17) is 4.74 Å². The molecular formula is C22H28N2O2. The lowest BCUT2D eigenvalue weighted by Gasteiger charge is -2.22. The summed E-state index contributed by atoms with van der Waals surface area (Å²) < 4.78 is 5.39. The molecule has 2 N–H and O–H groups in total. The molecule has 0 aromatic heterocycles. The Bertz CT molecular complexity index is 615. The van der Waals surface area contributed by atoms with Crippen LogP contribution in [0.2, 0.25) is 0 Å². The molecule has 0 unspecified atom stereocenters. The van der Waals surface area contributed by atoms with E-state index in [1.165, 1.54) is 0 Å². The summed E-state index contributed by atoms with van der Waals surface area (Å²) in [6.45, 7) is 2.47. The van der Waals surface area contributed by atoms with Gasteiger partial charge in [0.15, 0.2) is 0 Å². The summed E-state index contributed by atoms with van der Waals surface area (Å²) in [5.74, 6) is 0.745. The average molecular weight is 352 g/mol. The highest BCUT2D eigenvalue weighted by molar-refractivity contribution is 5.75. The zero-order chi connectivity index (χ0) is 18.0. The van der Waals surface area contributed by atoms with E-state index in [1.807, 2.05) is 60.7 Å². The molecule has 0 aliphatic carbocycles. The molecular weight excluding hydrogens is 324 g/mol. The lowest BCUT2D eigenvalue weighted by Crippen LogP contribution is -2.39. The Balaban J connectivity index is 1.51. The molecule has 0 saturated carbocycles. The van der Waals surface area contributed by atoms with E-state index in [-0.39, 0.29) is 12.1 Å². The highest BCUT2D eigenvalue weighted by Gasteiger charge is 2.17. The van der Waals surface area contributed by atoms with E-state index in [9.17, 15) is 4.79 Å². The fourth-order valence-corrected chi connectivity index (χ4v) is 3.46. The van der Waals surface area contributed by atoms with Crippen molar-refractivity contribution in [1.82, 2.24) is 10.6 Å². The molecule has 0 radical (unpaired) electrons. The number of hydrogen-bond donors (Lipinski definition) is 2. The van der Waals surface area contributed by atoms with Gasteiger partial charge >= 0.3 is 6.03 Å². The predicted octanol–water partition coefficient (Wildman–Crippen LogP) is 4.28. The summed E-state index contributed by atoms with van der Waals surface area (Å²) in [7, 11) is 0. The number of urea groups is 1. The number of rotatable bonds is 7. The molecule has 1 fully saturated rings. The molecule has 3 rings (SSSR count). The van der Waals surface area contributed by atoms with Crippen LogP contribution in [0.25, 0.3) is 0 Å². The molecule has 1 aliphatic rings. The van der Waals surface area contributed by atoms with Crippen LogP contribution in [0, 0.1) is 5.92 Å². The molecule has 1 aliphatic heterocycles. The molecule has 0 spiro atoms. The minimum atomic E-state index is -0.145. The van der Waals surface area contributed by atoms with E-state index in [0.717, 1.165) is 55.9 Å². The largest absolute Gasteiger partial charge is 0.381 e. The Kier molecular flexibility index (Phi) is 7.08. The molecule has 2 aromatic carbocycles. The van der Waals surface area contributed by atoms with E-state index in [2.05, 4.69) is 10.6 Å². The van der Waals surface area contributed by atoms with Gasteiger partial charge in [-0.3, -0.25) is 0 Å². The predicted molar refractivity (Wildman–Crippen MR) is 104 cm³/mol. The lowest BCUT2D eigenvalue weighted by molar-refractivity contribution is 0.0634. The van der Waals surface area contributed by atoms with Gasteiger partial charge in [0.05, 0.1) is 6.04 Å². The molecule has 4 nitrogen and oxygen atoms in total. The standard InChI is InChI=1S/C22H28N2O2/c25-22(23-15-7-8-18-13-16-26-17-14-18)24-21(19-9-3-1-4-10-19)20-11-5-2-6-12-20/h1-6,9-12,18,21H,7-8,13-17H2,(H2,23,24,25). The molecule has 2 aromatic rings. The number of nitrogens with one attached hydrogen (secondary N) is 2. The molecule has 2 amide bonds. The average Bonchev–Trinajstić information content (AvgIpc) is 2.71. The van der Waals surface area contributed by atoms with Crippen LogP contribution in [0.15, 0.2) is 60.7 Å². The van der Waals surface area contributed by atoms with Gasteiger partial charge in [-0.2, -0.15) is 0 Å². The zero-order valence-corrected chi connectivity index (χ0v) is 15.2. The summed E-state index contributed by atoms with van der Waals surface area (Å²) >= 11 is 0. The number of carbonyl (C=O) groups is 1. The second kappa shape index (κ2) is 9.97. The van der Waals surface area contributed by atoms with Gasteiger partial charge in [-0.25, -0.2) is 4.79 Å². The first-order chi connectivity index (χ1) is 12.8. The first kappa shape index (κ1) is 18.5. The van der Waals surface area contributed by atoms with Gasteiger partial charge in [-0.05, 0) is 42.7 Å². The van der Waals surface area contributed by atoms with Crippen LogP contribution < -0.4 is 10.6 Å². The summed E-state index contributed by atoms with van der Waals surface area (Å²) in [5, 5.41) is 6.13. The van der Waals surface area contributed by atoms with Crippen molar-refractivity contribution >= 4 is 6.03 Å². The van der Waals surface area contributed by atoms with Gasteiger partial charge in [0.1, 0.15) is 0 Å². The maximum absolute atomic E-state index is 12.4. The van der Waals surface area contributed by atoms with E-state index in [0.29, 0.717) is 6.54 Å². The fourth-order valence-electron chi connectivity index (χ4n) is 3.46. The van der Waals surface area contributed by atoms with E-state index >= 15 is 0 Å². The van der Waals surface area contributed by atoms with E-state index < -0.39 is 0 Å². The third kappa shape index (κ3) is 5.60. The van der Waals surface area contributed by atoms with Gasteiger partial charge in [0, 0.05) is 19.8 Å². The summed E-state index contributed by atoms with van der Waals surface area (Å²) in [5.41, 5.74) is 2.16. The molecule has 4 heteroatoms. The van der Waals surface area contributed by atoms with Crippen molar-refractivity contribution in [2.45, 2.75) is 31.7 Å². The summed E-state index contributed by atoms with van der Waals surface area (Å²) in [4.78, 5) is 12.4. The van der Waals surface area contributed by atoms with Gasteiger partial charge in [0.2, 0.25) is 0 Å². The summed E-state index contributed by atoms with van der Waals surface area (Å²) in [6.07, 6.45) is 4.47. The number of benzene rings is 2. The van der Waals surface area contributed by atoms with Crippen LogP contribution in [0.5, 0.6) is 0 Å². The molecule has 0 atom stereocenters. The van der Waals surface area contributed by atoms with Crippen molar-refractivity contribution < 1.29 is 9.53 Å². The van der Waals surface area contributed by atoms with Crippen LogP contribution in [-0.2, 0) is 4.74 Å². The Hall–Kier alpha value is -2.33. The number of amides is 2. The van der Waals surface area contributed by atoms with Gasteiger partial charge in [-0.1, -0.05) is 60.7 Å². The topological polar surface area (TPSA) is 50.4 Å². The Morgan fingerprint density at radius 1 is 0.962 bits per heavy atom. The van der Waals surface area contributed by atoms with Crippen LogP contribution in [0.1, 0.15) is 42.9 Å². The third-order valence-corrected chi connectivity index (χ3v) is 4.96. The van der Waals surface area contributed by atoms with Crippen molar-refractivity contribution in [2.75, 3.05) is 19.8 Å². The first-order valence-corrected chi connectivity index (χ1v) is 9.55. The number of hydrogen-bond acceptors (Lipinski definition) is 2. The number of ether oxygens (including phenoxy) is 1. The smallest absolute Gasteiger partial charge is 0.315 e. The molecule has 1 saturated heterocycles. The van der Waals surface area contributed by atoms with Crippen LogP contribution in [-0.4, -0.2) is 25.8 Å². The van der Waals surface area contributed by atoms with Crippen molar-refractivity contribution in [2.24, 2.45) is 5.92 Å². The van der Waals surface area contributed by atoms with Gasteiger partial charge in [-0.15, -0.1) is 0 Å². The van der Waals surface area contributed by atoms with Crippen molar-refractivity contribution in [1.29, 1.82) is 0 Å². The quantitative estimate of drug-likeness (QED) is 0.731. The monoisotopic (exact) mass is 352 g/mol. The second-order valence-corrected chi connectivity index (χ2v) is 6.85. The zero-order valence-electron chi connectivity index (χ0n) is 15.2. The van der Waals surface area contributed by atoms with Crippen molar-refractivity contribution in [3.8, 4) is 0 Å². The minimum absolute atomic E-state index is 0.116. The third-order valence-electron chi connectivity index (χ3n) is 4.96. The van der Waals surface area contributed by atoms with Crippen LogP contribution >= 0.6 is 0 Å². The molecule has 138 valence electrons. The maximum Gasteiger partial charge on any atom is 0.315 e. The molecule has 0 bridgehead atoms. The fraction of sp³-hybridized carbons (Fsp3) is 0.409. The molecule has 26 heavy (non-hydrogen) atoms. The molecule has 1 heterocycles. The maximum atomic E-state index is 12.4. The Morgan fingerprint density at radius 2 is 1.54 bits per heavy atom. The van der Waals surface area contributed by atoms with Crippen molar-refractivity contribution in [3.05, 3.63) is 71.8 Å². The normalized spacial score (nSPS) is 15.0. The Morgan fingerprint density at radius 3 is 2.12 bits per heavy atom. The van der Waals surface area contributed by atoms with Crippen LogP contribution in [0.4, 0.5) is 4.79 Å². The Labute approximate surface area is 156 Å². The lowest BCUT2D eigenvalue weighted by atomic mass is 9.95. The van der Waals surface area contributed by atoms with Gasteiger partial charge < -0.3 is 15.4 Å². The number of carbonyl (C=O) groups excluding carboxylic acids is 1. The highest BCUT2D eigenvalue weighted by Crippen LogP contribution is 2.22. The van der Waals surface area contributed by atoms with Gasteiger partial charge in [0.25, 0.3) is 0 Å². The SMILES string of the molecule is O=C(NCCCC1CCOCC1)NC(c1ccccc1)c1ccccc1. The van der Waals surface area contributed by atoms with E-state index in [1.54, 1.807) is 0 Å². The van der Waals surface area contributed by atoms with Crippen LogP contribution in [0.3, 0.4) is 0 Å².